The van der Waals surface area contributed by atoms with Gasteiger partial charge in [0.1, 0.15) is 5.82 Å². The Morgan fingerprint density at radius 1 is 1.46 bits per heavy atom. The summed E-state index contributed by atoms with van der Waals surface area (Å²) in [5, 5.41) is 22.9. The lowest BCUT2D eigenvalue weighted by atomic mass is 9.76. The minimum absolute atomic E-state index is 0.0773. The Bertz CT molecular complexity index is 1030. The number of thioether (sulfide) groups is 1. The molecule has 1 aliphatic carbocycles. The first kappa shape index (κ1) is 18.9. The molecule has 4 rings (SSSR count). The lowest BCUT2D eigenvalue weighted by Gasteiger charge is -2.37. The number of Topliss-reactive ketones (excluding diaryl/α,β-unsaturated/α-hetero) is 1. The first-order chi connectivity index (χ1) is 13.7. The molecule has 28 heavy (non-hydrogen) atoms. The van der Waals surface area contributed by atoms with Gasteiger partial charge in [-0.05, 0) is 35.2 Å². The number of anilines is 1. The molecule has 0 radical (unpaired) electrons. The monoisotopic (exact) mass is 427 g/mol. The highest BCUT2D eigenvalue weighted by atomic mass is 32.2. The van der Waals surface area contributed by atoms with Crippen molar-refractivity contribution in [3.63, 3.8) is 0 Å². The Morgan fingerprint density at radius 2 is 2.32 bits per heavy atom. The smallest absolute Gasteiger partial charge is 0.219 e. The number of nitriles is 1. The zero-order valence-electron chi connectivity index (χ0n) is 14.9. The lowest BCUT2D eigenvalue weighted by Crippen LogP contribution is -2.38. The van der Waals surface area contributed by atoms with Gasteiger partial charge in [0, 0.05) is 23.4 Å². The predicted molar refractivity (Wildman–Crippen MR) is 113 cm³/mol. The summed E-state index contributed by atoms with van der Waals surface area (Å²) in [5.41, 5.74) is 9.33. The normalized spacial score (nSPS) is 19.6. The quantitative estimate of drug-likeness (QED) is 0.565. The topological polar surface area (TPSA) is 95.9 Å². The van der Waals surface area contributed by atoms with Gasteiger partial charge in [0.05, 0.1) is 17.6 Å². The summed E-state index contributed by atoms with van der Waals surface area (Å²) in [5.74, 6) is 0.741. The molecule has 0 saturated carbocycles. The van der Waals surface area contributed by atoms with Crippen LogP contribution in [0.3, 0.4) is 0 Å². The zero-order chi connectivity index (χ0) is 19.7. The van der Waals surface area contributed by atoms with Crippen LogP contribution in [0, 0.1) is 11.3 Å². The summed E-state index contributed by atoms with van der Waals surface area (Å²) < 4.78 is 0.797. The van der Waals surface area contributed by atoms with Gasteiger partial charge in [-0.3, -0.25) is 9.69 Å². The van der Waals surface area contributed by atoms with Crippen molar-refractivity contribution < 1.29 is 4.79 Å². The van der Waals surface area contributed by atoms with E-state index in [1.807, 2.05) is 16.8 Å². The van der Waals surface area contributed by atoms with E-state index < -0.39 is 5.92 Å². The van der Waals surface area contributed by atoms with Crippen molar-refractivity contribution in [2.75, 3.05) is 10.7 Å². The van der Waals surface area contributed by atoms with Gasteiger partial charge in [-0.2, -0.15) is 16.6 Å². The SMILES string of the molecule is C=CCSc1nnc(N2C(N)=C(C#N)C(c3ccsc3)C3=C2CCCC3=O)s1. The van der Waals surface area contributed by atoms with Crippen molar-refractivity contribution in [2.45, 2.75) is 29.5 Å². The number of nitrogens with zero attached hydrogens (tertiary/aromatic N) is 4. The van der Waals surface area contributed by atoms with E-state index in [2.05, 4.69) is 22.8 Å². The second-order valence-electron chi connectivity index (χ2n) is 6.32. The van der Waals surface area contributed by atoms with E-state index in [4.69, 9.17) is 5.73 Å². The fraction of sp³-hybridized carbons (Fsp3) is 0.263. The lowest BCUT2D eigenvalue weighted by molar-refractivity contribution is -0.116. The second kappa shape index (κ2) is 7.91. The molecule has 0 amide bonds. The molecule has 0 aromatic carbocycles. The molecule has 2 aromatic rings. The summed E-state index contributed by atoms with van der Waals surface area (Å²) in [6.07, 6.45) is 3.77. The fourth-order valence-corrected chi connectivity index (χ4v) is 5.89. The van der Waals surface area contributed by atoms with Crippen LogP contribution in [0.15, 0.2) is 56.5 Å². The van der Waals surface area contributed by atoms with Crippen molar-refractivity contribution in [3.05, 3.63) is 57.7 Å². The number of rotatable bonds is 5. The molecule has 0 bridgehead atoms. The van der Waals surface area contributed by atoms with E-state index in [1.54, 1.807) is 22.3 Å². The number of hydrogen-bond donors (Lipinski definition) is 1. The maximum Gasteiger partial charge on any atom is 0.219 e. The number of hydrogen-bond acceptors (Lipinski definition) is 9. The van der Waals surface area contributed by atoms with E-state index in [-0.39, 0.29) is 5.78 Å². The third-order valence-corrected chi connectivity index (χ3v) is 7.44. The van der Waals surface area contributed by atoms with E-state index in [0.717, 1.165) is 34.2 Å². The number of carbonyl (C=O) groups excluding carboxylic acids is 1. The molecule has 0 fully saturated rings. The van der Waals surface area contributed by atoms with Gasteiger partial charge in [0.25, 0.3) is 0 Å². The molecule has 1 unspecified atom stereocenters. The average Bonchev–Trinajstić information content (AvgIpc) is 3.38. The van der Waals surface area contributed by atoms with Crippen LogP contribution in [0.5, 0.6) is 0 Å². The Kier molecular flexibility index (Phi) is 5.35. The minimum atomic E-state index is -0.405. The van der Waals surface area contributed by atoms with Crippen molar-refractivity contribution in [3.8, 4) is 6.07 Å². The summed E-state index contributed by atoms with van der Waals surface area (Å²) >= 11 is 4.49. The molecule has 0 spiro atoms. The molecule has 1 atom stereocenters. The number of thiophene rings is 1. The molecule has 0 saturated heterocycles. The fourth-order valence-electron chi connectivity index (χ4n) is 3.56. The Balaban J connectivity index is 1.86. The summed E-state index contributed by atoms with van der Waals surface area (Å²) in [4.78, 5) is 14.7. The van der Waals surface area contributed by atoms with Gasteiger partial charge in [0.2, 0.25) is 5.13 Å². The van der Waals surface area contributed by atoms with Crippen LogP contribution < -0.4 is 10.6 Å². The molecular formula is C19H17N5OS3. The largest absolute Gasteiger partial charge is 0.384 e. The third-order valence-electron chi connectivity index (χ3n) is 4.70. The molecule has 2 N–H and O–H groups in total. The minimum Gasteiger partial charge on any atom is -0.384 e. The van der Waals surface area contributed by atoms with Crippen molar-refractivity contribution in [1.82, 2.24) is 10.2 Å². The Morgan fingerprint density at radius 3 is 3.04 bits per heavy atom. The van der Waals surface area contributed by atoms with Crippen molar-refractivity contribution in [1.29, 1.82) is 5.26 Å². The summed E-state index contributed by atoms with van der Waals surface area (Å²) in [6, 6.07) is 4.21. The molecule has 9 heteroatoms. The van der Waals surface area contributed by atoms with Gasteiger partial charge in [-0.1, -0.05) is 29.2 Å². The maximum absolute atomic E-state index is 12.9. The van der Waals surface area contributed by atoms with E-state index in [1.165, 1.54) is 23.1 Å². The molecule has 3 heterocycles. The highest BCUT2D eigenvalue weighted by Gasteiger charge is 2.41. The third kappa shape index (κ3) is 3.17. The second-order valence-corrected chi connectivity index (χ2v) is 9.33. The first-order valence-electron chi connectivity index (χ1n) is 8.71. The standard InChI is InChI=1S/C19H17N5OS3/c1-2-7-27-19-23-22-18(28-19)24-13-4-3-5-14(25)16(13)15(11-6-8-26-10-11)12(9-20)17(24)21/h2,6,8,10,15H,1,3-5,7,21H2. The molecule has 142 valence electrons. The van der Waals surface area contributed by atoms with Crippen LogP contribution >= 0.6 is 34.4 Å². The van der Waals surface area contributed by atoms with Crippen LogP contribution in [0.25, 0.3) is 0 Å². The van der Waals surface area contributed by atoms with Crippen molar-refractivity contribution in [2.24, 2.45) is 5.73 Å². The maximum atomic E-state index is 12.9. The van der Waals surface area contributed by atoms with Gasteiger partial charge in [0.15, 0.2) is 10.1 Å². The van der Waals surface area contributed by atoms with Gasteiger partial charge in [-0.15, -0.1) is 16.8 Å². The molecule has 1 aliphatic heterocycles. The number of carbonyl (C=O) groups is 1. The summed E-state index contributed by atoms with van der Waals surface area (Å²) in [7, 11) is 0. The van der Waals surface area contributed by atoms with Crippen LogP contribution in [0.2, 0.25) is 0 Å². The van der Waals surface area contributed by atoms with Gasteiger partial charge >= 0.3 is 0 Å². The van der Waals surface area contributed by atoms with Crippen LogP contribution in [-0.2, 0) is 4.79 Å². The highest BCUT2D eigenvalue weighted by Crippen LogP contribution is 2.47. The summed E-state index contributed by atoms with van der Waals surface area (Å²) in [6.45, 7) is 3.72. The highest BCUT2D eigenvalue weighted by molar-refractivity contribution is 8.01. The van der Waals surface area contributed by atoms with Crippen LogP contribution in [0.4, 0.5) is 5.13 Å². The zero-order valence-corrected chi connectivity index (χ0v) is 17.4. The molecule has 2 aromatic heterocycles. The van der Waals surface area contributed by atoms with E-state index in [9.17, 15) is 10.1 Å². The molecule has 6 nitrogen and oxygen atoms in total. The molecule has 2 aliphatic rings. The average molecular weight is 428 g/mol. The Hall–Kier alpha value is -2.41. The number of nitrogens with two attached hydrogens (primary N) is 1. The first-order valence-corrected chi connectivity index (χ1v) is 11.5. The van der Waals surface area contributed by atoms with E-state index in [0.29, 0.717) is 28.5 Å². The predicted octanol–water partition coefficient (Wildman–Crippen LogP) is 4.18. The Labute approximate surface area is 175 Å². The van der Waals surface area contributed by atoms with Gasteiger partial charge in [-0.25, -0.2) is 0 Å². The van der Waals surface area contributed by atoms with Crippen LogP contribution in [0.1, 0.15) is 30.7 Å². The van der Waals surface area contributed by atoms with Crippen molar-refractivity contribution >= 4 is 45.4 Å². The van der Waals surface area contributed by atoms with Gasteiger partial charge < -0.3 is 5.73 Å². The number of ketones is 1. The number of aromatic nitrogens is 2. The van der Waals surface area contributed by atoms with E-state index >= 15 is 0 Å². The number of allylic oxidation sites excluding steroid dienone is 3. The van der Waals surface area contributed by atoms with Crippen LogP contribution in [-0.4, -0.2) is 21.7 Å². The molecular weight excluding hydrogens is 410 g/mol.